The largest absolute Gasteiger partial charge is 0.468 e. The van der Waals surface area contributed by atoms with Crippen LogP contribution in [0, 0.1) is 27.4 Å². The third-order valence-corrected chi connectivity index (χ3v) is 19.0. The van der Waals surface area contributed by atoms with Crippen LogP contribution in [-0.2, 0) is 24.9 Å². The van der Waals surface area contributed by atoms with Crippen LogP contribution in [0.4, 0.5) is 28.4 Å². The number of piperidine rings is 1. The van der Waals surface area contributed by atoms with Crippen LogP contribution >= 0.6 is 0 Å². The molecule has 14 rings (SSSR count). The van der Waals surface area contributed by atoms with Crippen LogP contribution in [0.2, 0.25) is 0 Å². The summed E-state index contributed by atoms with van der Waals surface area (Å²) in [6, 6.07) is 23.3. The van der Waals surface area contributed by atoms with Crippen molar-refractivity contribution in [3.05, 3.63) is 106 Å². The molecule has 4 saturated carbocycles. The summed E-state index contributed by atoms with van der Waals surface area (Å²) in [5, 5.41) is 16.3. The molecule has 0 radical (unpaired) electrons. The van der Waals surface area contributed by atoms with E-state index in [1.807, 2.05) is 35.4 Å². The van der Waals surface area contributed by atoms with Gasteiger partial charge in [-0.3, -0.25) is 19.8 Å². The zero-order chi connectivity index (χ0) is 47.4. The predicted octanol–water partition coefficient (Wildman–Crippen LogP) is 8.36. The minimum atomic E-state index is -4.59. The van der Waals surface area contributed by atoms with Crippen molar-refractivity contribution < 1.29 is 32.3 Å². The summed E-state index contributed by atoms with van der Waals surface area (Å²) in [7, 11) is -4.59. The van der Waals surface area contributed by atoms with E-state index in [-0.39, 0.29) is 23.2 Å². The number of H-pyrrole nitrogens is 1. The van der Waals surface area contributed by atoms with Gasteiger partial charge in [0.2, 0.25) is 5.88 Å². The zero-order valence-electron chi connectivity index (χ0n) is 39.3. The van der Waals surface area contributed by atoms with Crippen molar-refractivity contribution in [1.82, 2.24) is 19.6 Å². The highest BCUT2D eigenvalue weighted by molar-refractivity contribution is 7.90. The molecule has 3 N–H and O–H groups in total. The first-order valence-electron chi connectivity index (χ1n) is 25.5. The number of hydrogen-bond donors (Lipinski definition) is 3. The average Bonchev–Trinajstić information content (AvgIpc) is 4.12. The second-order valence-corrected chi connectivity index (χ2v) is 23.3. The van der Waals surface area contributed by atoms with Gasteiger partial charge < -0.3 is 34.3 Å². The Bertz CT molecular complexity index is 2980. The molecule has 0 unspecified atom stereocenters. The second kappa shape index (κ2) is 16.9. The Hall–Kier alpha value is -5.75. The average molecular weight is 969 g/mol. The molecule has 3 atom stereocenters. The van der Waals surface area contributed by atoms with Crippen molar-refractivity contribution in [2.24, 2.45) is 17.3 Å². The fourth-order valence-electron chi connectivity index (χ4n) is 13.7. The van der Waals surface area contributed by atoms with Crippen LogP contribution in [0.5, 0.6) is 5.88 Å². The van der Waals surface area contributed by atoms with Gasteiger partial charge in [0.05, 0.1) is 40.3 Å². The highest BCUT2D eigenvalue weighted by Gasteiger charge is 2.59. The number of pyridine rings is 1. The third kappa shape index (κ3) is 7.52. The van der Waals surface area contributed by atoms with Crippen LogP contribution in [-0.4, -0.2) is 105 Å². The Morgan fingerprint density at radius 2 is 1.71 bits per heavy atom. The minimum absolute atomic E-state index is 0.121. The van der Waals surface area contributed by atoms with Gasteiger partial charge >= 0.3 is 0 Å². The van der Waals surface area contributed by atoms with Crippen LogP contribution in [0.25, 0.3) is 11.0 Å². The number of likely N-dealkylation sites (tertiary alicyclic amines) is 1. The number of nitrogens with zero attached hydrogens (tertiary/aromatic N) is 5. The highest BCUT2D eigenvalue weighted by atomic mass is 32.2. The molecule has 2 bridgehead atoms. The molecule has 8 fully saturated rings. The van der Waals surface area contributed by atoms with Crippen LogP contribution in [0.3, 0.4) is 0 Å². The number of amides is 1. The molecule has 16 nitrogen and oxygen atoms in total. The van der Waals surface area contributed by atoms with Crippen LogP contribution in [0.1, 0.15) is 98.2 Å². The van der Waals surface area contributed by atoms with Gasteiger partial charge in [-0.25, -0.2) is 13.1 Å². The monoisotopic (exact) mass is 968 g/mol. The fraction of sp³-hybridized carbons (Fsp3) is 0.509. The van der Waals surface area contributed by atoms with Crippen molar-refractivity contribution >= 4 is 55.4 Å². The lowest BCUT2D eigenvalue weighted by Crippen LogP contribution is -2.56. The number of nitrogens with one attached hydrogen (secondary N) is 3. The standard InChI is InChI=1S/C53H60N8O8S/c62-50(57-70(65,66)38-8-10-42(45(24-38)61(63)64)55-30-33-12-20-67-21-13-33)40-9-7-36(23-44(40)60-46-22-35-11-16-54-49(35)56-51(46)69-48-32-68-31-47(48)60)58-18-14-52(15-19-58)28-37(29-52)59-17-3-6-43(59)39-4-1-2-5-41(39)53-25-34(26-53)27-53/h1-2,4-5,7-11,16,22-24,33-34,37,43,47-48,55H,3,6,12-15,17-21,25-32H2,(H,54,56)(H,57,62)/t34?,43-,47+,48+,53?/m0/s1. The van der Waals surface area contributed by atoms with Gasteiger partial charge in [0.15, 0.2) is 0 Å². The normalized spacial score (nSPS) is 27.3. The minimum Gasteiger partial charge on any atom is -0.468 e. The number of aromatic nitrogens is 2. The first kappa shape index (κ1) is 44.2. The smallest absolute Gasteiger partial charge is 0.293 e. The molecule has 1 spiro atoms. The molecular weight excluding hydrogens is 909 g/mol. The maximum absolute atomic E-state index is 14.6. The lowest BCUT2D eigenvalue weighted by atomic mass is 9.41. The van der Waals surface area contributed by atoms with E-state index in [4.69, 9.17) is 19.2 Å². The molecule has 9 aliphatic rings. The number of rotatable bonds is 12. The number of sulfonamides is 1. The summed E-state index contributed by atoms with van der Waals surface area (Å²) >= 11 is 0. The van der Waals surface area contributed by atoms with Crippen molar-refractivity contribution in [3.8, 4) is 5.88 Å². The first-order valence-corrected chi connectivity index (χ1v) is 26.9. The van der Waals surface area contributed by atoms with Gasteiger partial charge in [0.1, 0.15) is 23.1 Å². The summed E-state index contributed by atoms with van der Waals surface area (Å²) < 4.78 is 48.4. The molecule has 5 aromatic rings. The van der Waals surface area contributed by atoms with E-state index in [0.29, 0.717) is 78.8 Å². The number of nitro benzene ring substituents is 1. The Morgan fingerprint density at radius 3 is 2.50 bits per heavy atom. The van der Waals surface area contributed by atoms with E-state index in [1.165, 1.54) is 63.6 Å². The quantitative estimate of drug-likeness (QED) is 0.0802. The van der Waals surface area contributed by atoms with E-state index in [2.05, 4.69) is 49.1 Å². The van der Waals surface area contributed by atoms with Crippen LogP contribution < -0.4 is 24.6 Å². The molecule has 2 aromatic heterocycles. The van der Waals surface area contributed by atoms with Crippen molar-refractivity contribution in [2.75, 3.05) is 67.7 Å². The van der Waals surface area contributed by atoms with E-state index in [1.54, 1.807) is 17.2 Å². The van der Waals surface area contributed by atoms with E-state index in [0.717, 1.165) is 61.8 Å². The lowest BCUT2D eigenvalue weighted by Gasteiger charge is -2.63. The lowest BCUT2D eigenvalue weighted by molar-refractivity contribution is -0.384. The molecule has 366 valence electrons. The van der Waals surface area contributed by atoms with Gasteiger partial charge in [0, 0.05) is 68.3 Å². The third-order valence-electron chi connectivity index (χ3n) is 17.7. The number of carbonyl (C=O) groups excluding carboxylic acids is 1. The van der Waals surface area contributed by atoms with E-state index >= 15 is 0 Å². The van der Waals surface area contributed by atoms with Crippen LogP contribution in [0.15, 0.2) is 83.9 Å². The number of aromatic amines is 1. The number of nitro groups is 1. The highest BCUT2D eigenvalue weighted by Crippen LogP contribution is 2.66. The molecule has 70 heavy (non-hydrogen) atoms. The maximum Gasteiger partial charge on any atom is 0.293 e. The number of fused-ring (bicyclic) bond motifs is 3. The molecule has 5 aliphatic heterocycles. The first-order chi connectivity index (χ1) is 34.0. The summed E-state index contributed by atoms with van der Waals surface area (Å²) in [6.45, 7) is 5.29. The Kier molecular flexibility index (Phi) is 10.7. The topological polar surface area (TPSA) is 184 Å². The molecule has 17 heteroatoms. The van der Waals surface area contributed by atoms with Crippen molar-refractivity contribution in [2.45, 2.75) is 105 Å². The van der Waals surface area contributed by atoms with Crippen molar-refractivity contribution in [1.29, 1.82) is 0 Å². The summed E-state index contributed by atoms with van der Waals surface area (Å²) in [4.78, 5) is 41.2. The predicted molar refractivity (Wildman–Crippen MR) is 265 cm³/mol. The molecule has 1 amide bonds. The number of hydrogen-bond acceptors (Lipinski definition) is 13. The SMILES string of the molecule is O=C(NS(=O)(=O)c1ccc(NCC2CCOCC2)c([N+](=O)[O-])c1)c1ccc(N2CCC3(CC2)CC(N2CCC[C@H]2c2ccccc2C24CC(C2)C4)C3)cc1N1c2cc3cc[nH]c3nc2O[C@@H]2COC[C@H]21. The van der Waals surface area contributed by atoms with Gasteiger partial charge in [0.25, 0.3) is 21.6 Å². The van der Waals surface area contributed by atoms with Crippen molar-refractivity contribution in [3.63, 3.8) is 0 Å². The summed E-state index contributed by atoms with van der Waals surface area (Å²) in [5.74, 6) is 0.745. The number of benzene rings is 3. The Morgan fingerprint density at radius 1 is 0.900 bits per heavy atom. The summed E-state index contributed by atoms with van der Waals surface area (Å²) in [5.41, 5.74) is 6.64. The van der Waals surface area contributed by atoms with E-state index < -0.39 is 37.5 Å². The number of carbonyl (C=O) groups is 1. The Labute approximate surface area is 407 Å². The number of anilines is 4. The molecule has 7 heterocycles. The summed E-state index contributed by atoms with van der Waals surface area (Å²) in [6.07, 6.45) is 14.3. The van der Waals surface area contributed by atoms with Gasteiger partial charge in [-0.1, -0.05) is 24.3 Å². The molecule has 4 saturated heterocycles. The zero-order valence-corrected chi connectivity index (χ0v) is 40.1. The fourth-order valence-corrected chi connectivity index (χ4v) is 14.7. The second-order valence-electron chi connectivity index (χ2n) is 21.7. The van der Waals surface area contributed by atoms with Gasteiger partial charge in [-0.05, 0) is 153 Å². The van der Waals surface area contributed by atoms with Gasteiger partial charge in [-0.15, -0.1) is 0 Å². The molecule has 4 aliphatic carbocycles. The van der Waals surface area contributed by atoms with Gasteiger partial charge in [-0.2, -0.15) is 4.98 Å². The maximum atomic E-state index is 14.6. The van der Waals surface area contributed by atoms with E-state index in [9.17, 15) is 23.3 Å². The molecular formula is C53H60N8O8S. The number of ether oxygens (including phenoxy) is 3. The Balaban J connectivity index is 0.768. The molecule has 3 aromatic carbocycles.